The maximum atomic E-state index is 12.8. The molecule has 0 heterocycles. The molecule has 0 aliphatic rings. The van der Waals surface area contributed by atoms with Crippen LogP contribution in [0.1, 0.15) is 278 Å². The molecule has 0 saturated carbocycles. The molecule has 406 valence electrons. The number of carbonyl (C=O) groups excluding carboxylic acids is 3. The van der Waals surface area contributed by atoms with Crippen molar-refractivity contribution >= 4 is 17.9 Å². The highest BCUT2D eigenvalue weighted by Gasteiger charge is 2.19. The highest BCUT2D eigenvalue weighted by molar-refractivity contribution is 5.71. The molecule has 0 radical (unpaired) electrons. The highest BCUT2D eigenvalue weighted by atomic mass is 16.6. The number of hydrogen-bond acceptors (Lipinski definition) is 6. The average Bonchev–Trinajstić information content (AvgIpc) is 3.37. The third-order valence-electron chi connectivity index (χ3n) is 12.6. The van der Waals surface area contributed by atoms with Crippen LogP contribution in [0.25, 0.3) is 0 Å². The minimum atomic E-state index is -0.792. The molecule has 0 amide bonds. The van der Waals surface area contributed by atoms with Crippen molar-refractivity contribution in [2.75, 3.05) is 13.2 Å². The van der Waals surface area contributed by atoms with Gasteiger partial charge in [-0.1, -0.05) is 272 Å². The second-order valence-electron chi connectivity index (χ2n) is 19.5. The van der Waals surface area contributed by atoms with E-state index in [1.807, 2.05) is 0 Å². The predicted octanol–water partition coefficient (Wildman–Crippen LogP) is 20.1. The van der Waals surface area contributed by atoms with E-state index in [1.165, 1.54) is 128 Å². The Bertz CT molecular complexity index is 1410. The van der Waals surface area contributed by atoms with Gasteiger partial charge < -0.3 is 14.2 Å². The summed E-state index contributed by atoms with van der Waals surface area (Å²) in [5.41, 5.74) is 0. The molecule has 1 atom stereocenters. The van der Waals surface area contributed by atoms with Gasteiger partial charge in [-0.2, -0.15) is 0 Å². The van der Waals surface area contributed by atoms with E-state index in [9.17, 15) is 14.4 Å². The summed E-state index contributed by atoms with van der Waals surface area (Å²) < 4.78 is 16.8. The molecule has 0 spiro atoms. The summed E-state index contributed by atoms with van der Waals surface area (Å²) in [5, 5.41) is 0. The fourth-order valence-corrected chi connectivity index (χ4v) is 8.16. The molecule has 1 unspecified atom stereocenters. The van der Waals surface area contributed by atoms with Crippen molar-refractivity contribution < 1.29 is 28.6 Å². The van der Waals surface area contributed by atoms with Crippen molar-refractivity contribution in [3.63, 3.8) is 0 Å². The number of allylic oxidation sites excluding steroid dienone is 16. The van der Waals surface area contributed by atoms with Gasteiger partial charge in [-0.05, 0) is 83.5 Å². The molecule has 0 aliphatic heterocycles. The van der Waals surface area contributed by atoms with E-state index in [2.05, 4.69) is 118 Å². The van der Waals surface area contributed by atoms with Gasteiger partial charge in [-0.25, -0.2) is 0 Å². The smallest absolute Gasteiger partial charge is 0.306 e. The van der Waals surface area contributed by atoms with Gasteiger partial charge >= 0.3 is 17.9 Å². The number of carbonyl (C=O) groups is 3. The lowest BCUT2D eigenvalue weighted by atomic mass is 10.0. The van der Waals surface area contributed by atoms with Crippen molar-refractivity contribution in [1.29, 1.82) is 0 Å². The predicted molar refractivity (Wildman–Crippen MR) is 307 cm³/mol. The number of unbranched alkanes of at least 4 members (excludes halogenated alkanes) is 26. The van der Waals surface area contributed by atoms with Gasteiger partial charge in [-0.3, -0.25) is 14.4 Å². The van der Waals surface area contributed by atoms with Gasteiger partial charge in [0, 0.05) is 19.3 Å². The zero-order chi connectivity index (χ0) is 51.4. The number of hydrogen-bond donors (Lipinski definition) is 0. The maximum absolute atomic E-state index is 12.8. The first-order valence-electron chi connectivity index (χ1n) is 29.7. The Morgan fingerprint density at radius 3 is 0.859 bits per heavy atom. The lowest BCUT2D eigenvalue weighted by Gasteiger charge is -2.18. The summed E-state index contributed by atoms with van der Waals surface area (Å²) in [6.45, 7) is 6.49. The Morgan fingerprint density at radius 1 is 0.296 bits per heavy atom. The first kappa shape index (κ1) is 67.3. The molecule has 0 aromatic heterocycles. The van der Waals surface area contributed by atoms with E-state index in [4.69, 9.17) is 14.2 Å². The van der Waals surface area contributed by atoms with Crippen molar-refractivity contribution in [1.82, 2.24) is 0 Å². The second-order valence-corrected chi connectivity index (χ2v) is 19.5. The molecular weight excluding hydrogens is 877 g/mol. The van der Waals surface area contributed by atoms with Gasteiger partial charge in [0.25, 0.3) is 0 Å². The van der Waals surface area contributed by atoms with E-state index >= 15 is 0 Å². The lowest BCUT2D eigenvalue weighted by molar-refractivity contribution is -0.167. The first-order valence-corrected chi connectivity index (χ1v) is 29.7. The quantitative estimate of drug-likeness (QED) is 0.0261. The topological polar surface area (TPSA) is 78.9 Å². The molecule has 0 rings (SSSR count). The van der Waals surface area contributed by atoms with Crippen LogP contribution < -0.4 is 0 Å². The Labute approximate surface area is 438 Å². The van der Waals surface area contributed by atoms with Gasteiger partial charge in [-0.15, -0.1) is 0 Å². The first-order chi connectivity index (χ1) is 35.0. The molecule has 0 aromatic rings. The largest absolute Gasteiger partial charge is 0.462 e. The molecular formula is C65H110O6. The van der Waals surface area contributed by atoms with E-state index in [0.717, 1.165) is 109 Å². The highest BCUT2D eigenvalue weighted by Crippen LogP contribution is 2.16. The van der Waals surface area contributed by atoms with Crippen LogP contribution >= 0.6 is 0 Å². The monoisotopic (exact) mass is 987 g/mol. The molecule has 0 bridgehead atoms. The zero-order valence-electron chi connectivity index (χ0n) is 46.5. The third-order valence-corrected chi connectivity index (χ3v) is 12.6. The van der Waals surface area contributed by atoms with E-state index in [-0.39, 0.29) is 31.1 Å². The molecule has 6 nitrogen and oxygen atoms in total. The molecule has 0 aromatic carbocycles. The molecule has 0 fully saturated rings. The van der Waals surface area contributed by atoms with Crippen LogP contribution in [0, 0.1) is 0 Å². The summed E-state index contributed by atoms with van der Waals surface area (Å²) in [6.07, 6.45) is 78.4. The molecule has 0 saturated heterocycles. The summed E-state index contributed by atoms with van der Waals surface area (Å²) >= 11 is 0. The van der Waals surface area contributed by atoms with Gasteiger partial charge in [0.05, 0.1) is 0 Å². The Hall–Kier alpha value is -3.67. The van der Waals surface area contributed by atoms with E-state index in [1.54, 1.807) is 0 Å². The van der Waals surface area contributed by atoms with Gasteiger partial charge in [0.15, 0.2) is 6.10 Å². The van der Waals surface area contributed by atoms with Crippen LogP contribution in [0.2, 0.25) is 0 Å². The van der Waals surface area contributed by atoms with Gasteiger partial charge in [0.2, 0.25) is 0 Å². The Balaban J connectivity index is 4.36. The Morgan fingerprint density at radius 2 is 0.549 bits per heavy atom. The summed E-state index contributed by atoms with van der Waals surface area (Å²) in [7, 11) is 0. The number of ether oxygens (including phenoxy) is 3. The van der Waals surface area contributed by atoms with Crippen LogP contribution in [-0.2, 0) is 28.6 Å². The molecule has 71 heavy (non-hydrogen) atoms. The third kappa shape index (κ3) is 57.1. The van der Waals surface area contributed by atoms with Crippen LogP contribution in [0.15, 0.2) is 97.2 Å². The fourth-order valence-electron chi connectivity index (χ4n) is 8.16. The van der Waals surface area contributed by atoms with Gasteiger partial charge in [0.1, 0.15) is 13.2 Å². The summed E-state index contributed by atoms with van der Waals surface area (Å²) in [4.78, 5) is 38.1. The molecule has 6 heteroatoms. The fraction of sp³-hybridized carbons (Fsp3) is 0.708. The molecule has 0 N–H and O–H groups in total. The van der Waals surface area contributed by atoms with E-state index in [0.29, 0.717) is 19.3 Å². The summed E-state index contributed by atoms with van der Waals surface area (Å²) in [6, 6.07) is 0. The zero-order valence-corrected chi connectivity index (χ0v) is 46.5. The van der Waals surface area contributed by atoms with Crippen molar-refractivity contribution in [3.05, 3.63) is 97.2 Å². The van der Waals surface area contributed by atoms with Crippen LogP contribution in [0.5, 0.6) is 0 Å². The number of esters is 3. The normalized spacial score (nSPS) is 12.8. The standard InChI is InChI=1S/C65H110O6/c1-4-7-10-13-16-19-22-24-26-28-29-30-31-32-33-34-35-36-37-38-40-41-43-46-49-52-55-58-64(67)70-61-62(60-69-63(66)57-54-51-48-45-21-18-15-12-9-6-3)71-65(68)59-56-53-50-47-44-42-39-27-25-23-20-17-14-11-8-5-2/h7,10,16,19,24,26,29-30,32-33,35-36,38,40,43,46,62H,4-6,8-9,11-15,17-18,20-23,25,27-28,31,34,37,39,41-42,44-45,47-61H2,1-3H3/b10-7-,19-16-,26-24-,30-29-,33-32-,36-35-,40-38-,46-43-. The summed E-state index contributed by atoms with van der Waals surface area (Å²) in [5.74, 6) is -0.928. The van der Waals surface area contributed by atoms with Crippen molar-refractivity contribution in [2.24, 2.45) is 0 Å². The average molecular weight is 988 g/mol. The lowest BCUT2D eigenvalue weighted by Crippen LogP contribution is -2.30. The van der Waals surface area contributed by atoms with Crippen molar-refractivity contribution in [2.45, 2.75) is 284 Å². The number of rotatable bonds is 53. The van der Waals surface area contributed by atoms with Crippen molar-refractivity contribution in [3.8, 4) is 0 Å². The van der Waals surface area contributed by atoms with E-state index < -0.39 is 6.10 Å². The van der Waals surface area contributed by atoms with Crippen LogP contribution in [0.3, 0.4) is 0 Å². The minimum Gasteiger partial charge on any atom is -0.462 e. The Kier molecular flexibility index (Phi) is 55.9. The van der Waals surface area contributed by atoms with Crippen LogP contribution in [-0.4, -0.2) is 37.2 Å². The maximum Gasteiger partial charge on any atom is 0.306 e. The molecule has 0 aliphatic carbocycles. The van der Waals surface area contributed by atoms with Crippen LogP contribution in [0.4, 0.5) is 0 Å². The SMILES string of the molecule is CC/C=C\C/C=C\C/C=C\C/C=C\C/C=C\C/C=C\C/C=C\C/C=C\CCCCC(=O)OCC(COC(=O)CCCCCCCCCCCC)OC(=O)CCCCCCCCCCCCCCCCCC. The second kappa shape index (κ2) is 58.9. The minimum absolute atomic E-state index is 0.0881.